The quantitative estimate of drug-likeness (QED) is 0.144. The average Bonchev–Trinajstić information content (AvgIpc) is 2.68. The second-order valence-electron chi connectivity index (χ2n) is 5.53. The highest BCUT2D eigenvalue weighted by molar-refractivity contribution is 5.94. The number of esters is 1. The average molecular weight is 422 g/mol. The molecule has 0 radical (unpaired) electrons. The van der Waals surface area contributed by atoms with Gasteiger partial charge in [0, 0.05) is 0 Å². The van der Waals surface area contributed by atoms with E-state index < -0.39 is 86.0 Å². The van der Waals surface area contributed by atoms with Crippen molar-refractivity contribution in [2.75, 3.05) is 0 Å². The minimum absolute atomic E-state index is 0.486. The Bertz CT molecular complexity index is 1190. The predicted molar refractivity (Wildman–Crippen MR) is 80.0 cm³/mol. The van der Waals surface area contributed by atoms with Crippen LogP contribution in [0.1, 0.15) is 10.4 Å². The number of hydrogen-bond donors (Lipinski definition) is 3. The van der Waals surface area contributed by atoms with Crippen molar-refractivity contribution < 1.29 is 55.6 Å². The Morgan fingerprint density at radius 3 is 1.55 bits per heavy atom. The van der Waals surface area contributed by atoms with Crippen LogP contribution in [0.3, 0.4) is 0 Å². The van der Waals surface area contributed by atoms with Crippen LogP contribution in [0.5, 0.6) is 23.0 Å². The first-order valence-corrected chi connectivity index (χ1v) is 7.26. The van der Waals surface area contributed by atoms with Gasteiger partial charge in [-0.15, -0.1) is 0 Å². The lowest BCUT2D eigenvalue weighted by Crippen LogP contribution is -2.13. The van der Waals surface area contributed by atoms with Gasteiger partial charge in [0.05, 0.1) is 16.3 Å². The summed E-state index contributed by atoms with van der Waals surface area (Å²) in [6, 6.07) is 0.972. The molecule has 0 aliphatic heterocycles. The molecule has 152 valence electrons. The third-order valence-corrected chi connectivity index (χ3v) is 3.80. The lowest BCUT2D eigenvalue weighted by atomic mass is 10.1. The van der Waals surface area contributed by atoms with Gasteiger partial charge in [0.2, 0.25) is 11.6 Å². The number of benzene rings is 3. The van der Waals surface area contributed by atoms with Crippen molar-refractivity contribution in [3.63, 3.8) is 0 Å². The van der Waals surface area contributed by atoms with E-state index >= 15 is 0 Å². The van der Waals surface area contributed by atoms with Gasteiger partial charge in [0.25, 0.3) is 0 Å². The first-order valence-electron chi connectivity index (χ1n) is 7.26. The summed E-state index contributed by atoms with van der Waals surface area (Å²) in [7, 11) is 0. The minimum atomic E-state index is -2.52. The molecule has 0 saturated carbocycles. The minimum Gasteiger partial charge on any atom is -0.504 e. The molecule has 0 unspecified atom stereocenters. The van der Waals surface area contributed by atoms with Gasteiger partial charge in [-0.3, -0.25) is 0 Å². The molecule has 0 fully saturated rings. The third kappa shape index (κ3) is 2.92. The topological polar surface area (TPSA) is 87.0 Å². The molecule has 3 aromatic rings. The number of halogens is 7. The molecule has 29 heavy (non-hydrogen) atoms. The van der Waals surface area contributed by atoms with Crippen molar-refractivity contribution in [2.24, 2.45) is 0 Å². The van der Waals surface area contributed by atoms with Gasteiger partial charge < -0.3 is 20.1 Å². The van der Waals surface area contributed by atoms with E-state index in [9.17, 15) is 50.8 Å². The smallest absolute Gasteiger partial charge is 0.344 e. The fourth-order valence-corrected chi connectivity index (χ4v) is 2.43. The van der Waals surface area contributed by atoms with Gasteiger partial charge >= 0.3 is 5.97 Å². The normalized spacial score (nSPS) is 11.1. The second kappa shape index (κ2) is 6.72. The summed E-state index contributed by atoms with van der Waals surface area (Å²) >= 11 is 0. The number of fused-ring (bicyclic) bond motifs is 1. The maximum Gasteiger partial charge on any atom is 0.344 e. The molecule has 0 aliphatic carbocycles. The Hall–Kier alpha value is -3.70. The first-order chi connectivity index (χ1) is 13.5. The van der Waals surface area contributed by atoms with Gasteiger partial charge in [-0.05, 0) is 12.1 Å². The number of hydrogen-bond acceptors (Lipinski definition) is 5. The van der Waals surface area contributed by atoms with Crippen LogP contribution in [0.15, 0.2) is 12.1 Å². The molecule has 0 bridgehead atoms. The van der Waals surface area contributed by atoms with E-state index in [4.69, 9.17) is 0 Å². The summed E-state index contributed by atoms with van der Waals surface area (Å²) in [5.41, 5.74) is -0.811. The van der Waals surface area contributed by atoms with E-state index in [1.807, 2.05) is 0 Å². The molecule has 3 N–H and O–H groups in total. The Balaban J connectivity index is 2.22. The van der Waals surface area contributed by atoms with Crippen molar-refractivity contribution in [1.82, 2.24) is 0 Å². The number of phenols is 3. The molecule has 0 aliphatic rings. The van der Waals surface area contributed by atoms with Crippen LogP contribution >= 0.6 is 0 Å². The van der Waals surface area contributed by atoms with E-state index in [1.54, 1.807) is 0 Å². The molecule has 0 heterocycles. The Morgan fingerprint density at radius 2 is 1.07 bits per heavy atom. The zero-order valence-electron chi connectivity index (χ0n) is 13.5. The molecular weight excluding hydrogens is 417 g/mol. The maximum absolute atomic E-state index is 14.4. The first kappa shape index (κ1) is 20.0. The van der Waals surface area contributed by atoms with Gasteiger partial charge in [0.15, 0.2) is 52.2 Å². The number of ether oxygens (including phenoxy) is 1. The monoisotopic (exact) mass is 422 g/mol. The van der Waals surface area contributed by atoms with Crippen molar-refractivity contribution in [3.8, 4) is 23.0 Å². The molecule has 12 heteroatoms. The maximum atomic E-state index is 14.4. The van der Waals surface area contributed by atoms with Crippen LogP contribution in [0.25, 0.3) is 10.8 Å². The SMILES string of the molecule is O=C(Oc1c(F)c(F)c2c(F)c(F)c(F)c(F)c2c1F)c1cc(O)c(O)c(O)c1. The van der Waals surface area contributed by atoms with Gasteiger partial charge in [-0.25, -0.2) is 31.1 Å². The van der Waals surface area contributed by atoms with Crippen molar-refractivity contribution in [2.45, 2.75) is 0 Å². The molecule has 5 nitrogen and oxygen atoms in total. The zero-order valence-corrected chi connectivity index (χ0v) is 13.5. The van der Waals surface area contributed by atoms with E-state index in [-0.39, 0.29) is 0 Å². The Labute approximate surface area is 154 Å². The molecule has 0 saturated heterocycles. The van der Waals surface area contributed by atoms with E-state index in [0.717, 1.165) is 0 Å². The summed E-state index contributed by atoms with van der Waals surface area (Å²) in [4.78, 5) is 12.0. The number of aromatic hydroxyl groups is 3. The lowest BCUT2D eigenvalue weighted by molar-refractivity contribution is 0.0718. The summed E-state index contributed by atoms with van der Waals surface area (Å²) < 4.78 is 101. The van der Waals surface area contributed by atoms with Crippen LogP contribution < -0.4 is 4.74 Å². The lowest BCUT2D eigenvalue weighted by Gasteiger charge is -2.13. The molecule has 0 atom stereocenters. The fourth-order valence-electron chi connectivity index (χ4n) is 2.43. The molecule has 3 rings (SSSR count). The van der Waals surface area contributed by atoms with Crippen molar-refractivity contribution >= 4 is 16.7 Å². The largest absolute Gasteiger partial charge is 0.504 e. The summed E-state index contributed by atoms with van der Waals surface area (Å²) in [5, 5.41) is 24.1. The van der Waals surface area contributed by atoms with Gasteiger partial charge in [0.1, 0.15) is 0 Å². The van der Waals surface area contributed by atoms with Gasteiger partial charge in [-0.2, -0.15) is 4.39 Å². The van der Waals surface area contributed by atoms with Crippen LogP contribution in [0, 0.1) is 40.7 Å². The van der Waals surface area contributed by atoms with Crippen molar-refractivity contribution in [1.29, 1.82) is 0 Å². The van der Waals surface area contributed by atoms with Crippen LogP contribution in [-0.4, -0.2) is 21.3 Å². The van der Waals surface area contributed by atoms with E-state index in [2.05, 4.69) is 4.74 Å². The molecule has 0 spiro atoms. The molecule has 3 aromatic carbocycles. The summed E-state index contributed by atoms with van der Waals surface area (Å²) in [6.07, 6.45) is 0. The highest BCUT2D eigenvalue weighted by Gasteiger charge is 2.32. The Morgan fingerprint density at radius 1 is 0.655 bits per heavy atom. The molecule has 0 aromatic heterocycles. The standard InChI is InChI=1S/C17H5F7O5/c18-8-6-7(9(19)13(23)12(8)22)11(21)16(14(24)10(6)20)29-17(28)3-1-4(25)15(27)5(26)2-3/h1-2,25-27H. The molecular formula is C17H5F7O5. The van der Waals surface area contributed by atoms with E-state index in [1.165, 1.54) is 0 Å². The summed E-state index contributed by atoms with van der Waals surface area (Å²) in [6.45, 7) is 0. The third-order valence-electron chi connectivity index (χ3n) is 3.80. The predicted octanol–water partition coefficient (Wildman–Crippen LogP) is 4.15. The molecule has 0 amide bonds. The van der Waals surface area contributed by atoms with Crippen LogP contribution in [-0.2, 0) is 0 Å². The number of carbonyl (C=O) groups is 1. The van der Waals surface area contributed by atoms with Crippen LogP contribution in [0.4, 0.5) is 30.7 Å². The highest BCUT2D eigenvalue weighted by Crippen LogP contribution is 2.39. The fraction of sp³-hybridized carbons (Fsp3) is 0. The summed E-state index contributed by atoms with van der Waals surface area (Å²) in [5.74, 6) is -23.7. The van der Waals surface area contributed by atoms with Gasteiger partial charge in [-0.1, -0.05) is 0 Å². The highest BCUT2D eigenvalue weighted by atomic mass is 19.2. The second-order valence-corrected chi connectivity index (χ2v) is 5.53. The number of carbonyl (C=O) groups excluding carboxylic acids is 1. The van der Waals surface area contributed by atoms with Crippen molar-refractivity contribution in [3.05, 3.63) is 58.4 Å². The van der Waals surface area contributed by atoms with Crippen LogP contribution in [0.2, 0.25) is 0 Å². The number of phenolic OH excluding ortho intramolecular Hbond substituents is 3. The van der Waals surface area contributed by atoms with E-state index in [0.29, 0.717) is 12.1 Å². The number of rotatable bonds is 2. The Kier molecular flexibility index (Phi) is 4.65. The zero-order chi connectivity index (χ0) is 21.8.